The van der Waals surface area contributed by atoms with E-state index in [-0.39, 0.29) is 0 Å². The molecule has 2 heterocycles. The molecule has 2 fully saturated rings. The highest BCUT2D eigenvalue weighted by molar-refractivity contribution is 4.87. The van der Waals surface area contributed by atoms with Gasteiger partial charge in [-0.15, -0.1) is 0 Å². The number of piperidine rings is 1. The first-order valence-electron chi connectivity index (χ1n) is 6.20. The predicted molar refractivity (Wildman–Crippen MR) is 62.1 cm³/mol. The molecule has 2 rings (SSSR count). The first-order valence-corrected chi connectivity index (χ1v) is 6.20. The molecule has 0 aromatic heterocycles. The highest BCUT2D eigenvalue weighted by Gasteiger charge is 2.33. The molecule has 0 atom stereocenters. The van der Waals surface area contributed by atoms with Crippen molar-refractivity contribution in [3.63, 3.8) is 0 Å². The van der Waals surface area contributed by atoms with Gasteiger partial charge >= 0.3 is 0 Å². The molecular formula is C12H24N2O. The summed E-state index contributed by atoms with van der Waals surface area (Å²) < 4.78 is 5.88. The zero-order valence-electron chi connectivity index (χ0n) is 10.1. The minimum absolute atomic E-state index is 0.514. The predicted octanol–water partition coefficient (Wildman–Crippen LogP) is 1.10. The fourth-order valence-corrected chi connectivity index (χ4v) is 2.63. The number of rotatable bonds is 4. The molecule has 1 N–H and O–H groups in total. The summed E-state index contributed by atoms with van der Waals surface area (Å²) in [6.45, 7) is 11.4. The highest BCUT2D eigenvalue weighted by Crippen LogP contribution is 2.27. The van der Waals surface area contributed by atoms with E-state index in [1.807, 2.05) is 0 Å². The van der Waals surface area contributed by atoms with E-state index in [9.17, 15) is 0 Å². The second-order valence-corrected chi connectivity index (χ2v) is 5.70. The van der Waals surface area contributed by atoms with Gasteiger partial charge in [-0.3, -0.25) is 4.90 Å². The minimum atomic E-state index is 0.514. The van der Waals surface area contributed by atoms with E-state index in [4.69, 9.17) is 4.74 Å². The van der Waals surface area contributed by atoms with E-state index in [1.54, 1.807) is 0 Å². The number of nitrogens with zero attached hydrogens (tertiary/aromatic N) is 1. The molecule has 2 aliphatic heterocycles. The Labute approximate surface area is 93.2 Å². The van der Waals surface area contributed by atoms with E-state index in [0.29, 0.717) is 11.5 Å². The van der Waals surface area contributed by atoms with Crippen LogP contribution in [0.1, 0.15) is 26.7 Å². The monoisotopic (exact) mass is 212 g/mol. The lowest BCUT2D eigenvalue weighted by molar-refractivity contribution is -0.0224. The van der Waals surface area contributed by atoms with Crippen molar-refractivity contribution in [3.8, 4) is 0 Å². The Kier molecular flexibility index (Phi) is 3.65. The molecule has 0 aromatic carbocycles. The molecule has 0 spiro atoms. The SMILES string of the molecule is CC1(C)CN(CCOC2CCNCC2)C1. The van der Waals surface area contributed by atoms with Crippen molar-refractivity contribution >= 4 is 0 Å². The van der Waals surface area contributed by atoms with Crippen molar-refractivity contribution in [2.75, 3.05) is 39.3 Å². The summed E-state index contributed by atoms with van der Waals surface area (Å²) in [4.78, 5) is 2.49. The summed E-state index contributed by atoms with van der Waals surface area (Å²) in [6.07, 6.45) is 2.89. The lowest BCUT2D eigenvalue weighted by Gasteiger charge is -2.46. The smallest absolute Gasteiger partial charge is 0.0600 e. The van der Waals surface area contributed by atoms with E-state index in [2.05, 4.69) is 24.1 Å². The van der Waals surface area contributed by atoms with Gasteiger partial charge in [0.2, 0.25) is 0 Å². The van der Waals surface area contributed by atoms with E-state index < -0.39 is 0 Å². The maximum absolute atomic E-state index is 5.88. The average Bonchev–Trinajstić information content (AvgIpc) is 2.16. The topological polar surface area (TPSA) is 24.5 Å². The van der Waals surface area contributed by atoms with E-state index in [0.717, 1.165) is 26.2 Å². The number of hydrogen-bond acceptors (Lipinski definition) is 3. The maximum Gasteiger partial charge on any atom is 0.0600 e. The third-order valence-corrected chi connectivity index (χ3v) is 3.35. The van der Waals surface area contributed by atoms with Crippen LogP contribution in [0.5, 0.6) is 0 Å². The molecule has 0 unspecified atom stereocenters. The van der Waals surface area contributed by atoms with Crippen LogP contribution >= 0.6 is 0 Å². The number of hydrogen-bond donors (Lipinski definition) is 1. The first kappa shape index (κ1) is 11.4. The summed E-state index contributed by atoms with van der Waals surface area (Å²) in [5.74, 6) is 0. The molecular weight excluding hydrogens is 188 g/mol. The zero-order chi connectivity index (χ0) is 10.7. The molecule has 0 radical (unpaired) electrons. The normalized spacial score (nSPS) is 27.6. The van der Waals surface area contributed by atoms with Gasteiger partial charge in [-0.05, 0) is 31.3 Å². The van der Waals surface area contributed by atoms with Crippen molar-refractivity contribution in [1.82, 2.24) is 10.2 Å². The fourth-order valence-electron chi connectivity index (χ4n) is 2.63. The molecule has 2 aliphatic rings. The molecule has 3 heteroatoms. The van der Waals surface area contributed by atoms with Gasteiger partial charge in [-0.2, -0.15) is 0 Å². The Bertz CT molecular complexity index is 192. The second-order valence-electron chi connectivity index (χ2n) is 5.70. The second kappa shape index (κ2) is 4.81. The van der Waals surface area contributed by atoms with Crippen LogP contribution in [0, 0.1) is 5.41 Å². The van der Waals surface area contributed by atoms with Crippen molar-refractivity contribution < 1.29 is 4.74 Å². The molecule has 0 amide bonds. The van der Waals surface area contributed by atoms with Gasteiger partial charge in [0, 0.05) is 19.6 Å². The first-order chi connectivity index (χ1) is 7.16. The summed E-state index contributed by atoms with van der Waals surface area (Å²) in [7, 11) is 0. The Hall–Kier alpha value is -0.120. The van der Waals surface area contributed by atoms with Gasteiger partial charge in [0.1, 0.15) is 0 Å². The van der Waals surface area contributed by atoms with Crippen LogP contribution in [0.15, 0.2) is 0 Å². The molecule has 0 bridgehead atoms. The molecule has 3 nitrogen and oxygen atoms in total. The molecule has 0 saturated carbocycles. The Morgan fingerprint density at radius 2 is 1.93 bits per heavy atom. The zero-order valence-corrected chi connectivity index (χ0v) is 10.1. The summed E-state index contributed by atoms with van der Waals surface area (Å²) in [5, 5.41) is 3.36. The molecule has 2 saturated heterocycles. The molecule has 0 aromatic rings. The quantitative estimate of drug-likeness (QED) is 0.755. The van der Waals surface area contributed by atoms with Crippen LogP contribution < -0.4 is 5.32 Å². The summed E-state index contributed by atoms with van der Waals surface area (Å²) in [5.41, 5.74) is 0.550. The summed E-state index contributed by atoms with van der Waals surface area (Å²) in [6, 6.07) is 0. The third-order valence-electron chi connectivity index (χ3n) is 3.35. The van der Waals surface area contributed by atoms with Crippen LogP contribution in [0.25, 0.3) is 0 Å². The number of nitrogens with one attached hydrogen (secondary N) is 1. The average molecular weight is 212 g/mol. The van der Waals surface area contributed by atoms with Gasteiger partial charge in [0.25, 0.3) is 0 Å². The highest BCUT2D eigenvalue weighted by atomic mass is 16.5. The van der Waals surface area contributed by atoms with Crippen LogP contribution in [-0.4, -0.2) is 50.3 Å². The Balaban J connectivity index is 1.52. The Morgan fingerprint density at radius 3 is 2.53 bits per heavy atom. The maximum atomic E-state index is 5.88. The van der Waals surface area contributed by atoms with Crippen LogP contribution in [0.2, 0.25) is 0 Å². The fraction of sp³-hybridized carbons (Fsp3) is 1.00. The Morgan fingerprint density at radius 1 is 1.27 bits per heavy atom. The van der Waals surface area contributed by atoms with Crippen LogP contribution in [-0.2, 0) is 4.74 Å². The lowest BCUT2D eigenvalue weighted by atomic mass is 9.84. The number of likely N-dealkylation sites (tertiary alicyclic amines) is 1. The van der Waals surface area contributed by atoms with Gasteiger partial charge in [0.15, 0.2) is 0 Å². The molecule has 88 valence electrons. The van der Waals surface area contributed by atoms with Gasteiger partial charge < -0.3 is 10.1 Å². The largest absolute Gasteiger partial charge is 0.377 e. The minimum Gasteiger partial charge on any atom is -0.377 e. The van der Waals surface area contributed by atoms with Crippen molar-refractivity contribution in [1.29, 1.82) is 0 Å². The van der Waals surface area contributed by atoms with Crippen molar-refractivity contribution in [2.45, 2.75) is 32.8 Å². The van der Waals surface area contributed by atoms with E-state index in [1.165, 1.54) is 25.9 Å². The molecule has 0 aliphatic carbocycles. The van der Waals surface area contributed by atoms with Crippen molar-refractivity contribution in [2.24, 2.45) is 5.41 Å². The van der Waals surface area contributed by atoms with Gasteiger partial charge in [-0.1, -0.05) is 13.8 Å². The molecule has 15 heavy (non-hydrogen) atoms. The number of ether oxygens (including phenoxy) is 1. The summed E-state index contributed by atoms with van der Waals surface area (Å²) >= 11 is 0. The van der Waals surface area contributed by atoms with Crippen molar-refractivity contribution in [3.05, 3.63) is 0 Å². The van der Waals surface area contributed by atoms with E-state index >= 15 is 0 Å². The standard InChI is InChI=1S/C12H24N2O/c1-12(2)9-14(10-12)7-8-15-11-3-5-13-6-4-11/h11,13H,3-10H2,1-2H3. The van der Waals surface area contributed by atoms with Crippen LogP contribution in [0.4, 0.5) is 0 Å². The van der Waals surface area contributed by atoms with Crippen LogP contribution in [0.3, 0.4) is 0 Å². The van der Waals surface area contributed by atoms with Gasteiger partial charge in [0.05, 0.1) is 12.7 Å². The third kappa shape index (κ3) is 3.44. The lowest BCUT2D eigenvalue weighted by Crippen LogP contribution is -2.53. The van der Waals surface area contributed by atoms with Gasteiger partial charge in [-0.25, -0.2) is 0 Å².